The molecule has 5 heteroatoms. The van der Waals surface area contributed by atoms with Gasteiger partial charge in [-0.05, 0) is 48.2 Å². The predicted molar refractivity (Wildman–Crippen MR) is 91.6 cm³/mol. The minimum atomic E-state index is -0.939. The van der Waals surface area contributed by atoms with E-state index in [0.29, 0.717) is 22.9 Å². The zero-order chi connectivity index (χ0) is 16.6. The van der Waals surface area contributed by atoms with Crippen LogP contribution >= 0.6 is 0 Å². The molecule has 1 heterocycles. The number of rotatable bonds is 4. The van der Waals surface area contributed by atoms with Crippen molar-refractivity contribution in [1.29, 1.82) is 0 Å². The second-order valence-corrected chi connectivity index (χ2v) is 5.93. The lowest BCUT2D eigenvalue weighted by Crippen LogP contribution is -1.99. The van der Waals surface area contributed by atoms with E-state index < -0.39 is 5.97 Å². The summed E-state index contributed by atoms with van der Waals surface area (Å²) in [6.07, 6.45) is 0. The van der Waals surface area contributed by atoms with Crippen molar-refractivity contribution in [2.75, 3.05) is 5.32 Å². The van der Waals surface area contributed by atoms with Crippen molar-refractivity contribution in [3.63, 3.8) is 0 Å². The van der Waals surface area contributed by atoms with Crippen LogP contribution in [-0.2, 0) is 0 Å². The van der Waals surface area contributed by atoms with E-state index in [0.717, 1.165) is 11.2 Å². The molecule has 1 aromatic heterocycles. The number of carboxylic acids is 1. The third-order valence-electron chi connectivity index (χ3n) is 3.98. The quantitative estimate of drug-likeness (QED) is 0.666. The van der Waals surface area contributed by atoms with Gasteiger partial charge in [-0.3, -0.25) is 0 Å². The van der Waals surface area contributed by atoms with Crippen molar-refractivity contribution in [3.05, 3.63) is 53.1 Å². The Bertz CT molecular complexity index is 864. The van der Waals surface area contributed by atoms with Gasteiger partial charge in [0.2, 0.25) is 5.95 Å². The van der Waals surface area contributed by atoms with Crippen molar-refractivity contribution in [2.45, 2.75) is 26.7 Å². The summed E-state index contributed by atoms with van der Waals surface area (Å²) in [5.74, 6) is 0.154. The molecule has 0 radical (unpaired) electrons. The number of benzene rings is 2. The van der Waals surface area contributed by atoms with E-state index in [1.165, 1.54) is 5.56 Å². The first-order valence-electron chi connectivity index (χ1n) is 7.55. The van der Waals surface area contributed by atoms with Gasteiger partial charge in [0.05, 0.1) is 16.6 Å². The highest BCUT2D eigenvalue weighted by molar-refractivity contribution is 5.96. The third-order valence-corrected chi connectivity index (χ3v) is 3.98. The Balaban J connectivity index is 1.91. The second-order valence-electron chi connectivity index (χ2n) is 5.93. The summed E-state index contributed by atoms with van der Waals surface area (Å²) in [5.41, 5.74) is 4.64. The second kappa shape index (κ2) is 5.76. The molecule has 0 amide bonds. The summed E-state index contributed by atoms with van der Waals surface area (Å²) >= 11 is 0. The molecule has 0 aliphatic heterocycles. The number of carboxylic acid groups (broad SMARTS) is 1. The Kier molecular flexibility index (Phi) is 3.78. The van der Waals surface area contributed by atoms with Gasteiger partial charge in [-0.2, -0.15) is 0 Å². The van der Waals surface area contributed by atoms with Gasteiger partial charge in [0.25, 0.3) is 0 Å². The monoisotopic (exact) mass is 309 g/mol. The number of anilines is 2. The van der Waals surface area contributed by atoms with Crippen LogP contribution in [0.15, 0.2) is 36.4 Å². The number of carbonyl (C=O) groups is 1. The van der Waals surface area contributed by atoms with Crippen molar-refractivity contribution >= 4 is 28.6 Å². The Morgan fingerprint density at radius 3 is 2.48 bits per heavy atom. The highest BCUT2D eigenvalue weighted by Gasteiger charge is 2.13. The maximum absolute atomic E-state index is 11.2. The molecule has 2 aromatic carbocycles. The normalized spacial score (nSPS) is 11.1. The number of hydrogen-bond donors (Lipinski definition) is 3. The third kappa shape index (κ3) is 2.90. The molecule has 23 heavy (non-hydrogen) atoms. The van der Waals surface area contributed by atoms with Gasteiger partial charge in [0.1, 0.15) is 0 Å². The molecule has 0 spiro atoms. The summed E-state index contributed by atoms with van der Waals surface area (Å²) in [6.45, 7) is 6.09. The molecule has 0 bridgehead atoms. The first-order valence-corrected chi connectivity index (χ1v) is 7.55. The standard InChI is InChI=1S/C18H19N3O2/c1-10(2)12-4-6-13(7-5-12)19-18-20-15-9-8-14(17(22)23)11(3)16(15)21-18/h4-10H,1-3H3,(H,22,23)(H2,19,20,21). The molecule has 118 valence electrons. The van der Waals surface area contributed by atoms with E-state index in [9.17, 15) is 9.90 Å². The fourth-order valence-corrected chi connectivity index (χ4v) is 2.59. The van der Waals surface area contributed by atoms with E-state index in [1.54, 1.807) is 19.1 Å². The number of fused-ring (bicyclic) bond motifs is 1. The number of aryl methyl sites for hydroxylation is 1. The van der Waals surface area contributed by atoms with E-state index in [1.807, 2.05) is 12.1 Å². The first kappa shape index (κ1) is 15.1. The summed E-state index contributed by atoms with van der Waals surface area (Å²) in [7, 11) is 0. The van der Waals surface area contributed by atoms with Gasteiger partial charge in [-0.1, -0.05) is 26.0 Å². The van der Waals surface area contributed by atoms with Crippen LogP contribution in [0.25, 0.3) is 11.0 Å². The van der Waals surface area contributed by atoms with Gasteiger partial charge in [0, 0.05) is 5.69 Å². The Labute approximate surface area is 134 Å². The lowest BCUT2D eigenvalue weighted by Gasteiger charge is -2.07. The van der Waals surface area contributed by atoms with Gasteiger partial charge >= 0.3 is 5.97 Å². The summed E-state index contributed by atoms with van der Waals surface area (Å²) < 4.78 is 0. The molecule has 3 N–H and O–H groups in total. The Morgan fingerprint density at radius 2 is 1.87 bits per heavy atom. The fourth-order valence-electron chi connectivity index (χ4n) is 2.59. The molecule has 0 atom stereocenters. The van der Waals surface area contributed by atoms with Crippen LogP contribution in [0, 0.1) is 6.92 Å². The molecule has 0 fully saturated rings. The van der Waals surface area contributed by atoms with Gasteiger partial charge in [-0.25, -0.2) is 9.78 Å². The molecular formula is C18H19N3O2. The van der Waals surface area contributed by atoms with Crippen LogP contribution in [0.3, 0.4) is 0 Å². The van der Waals surface area contributed by atoms with Crippen molar-refractivity contribution < 1.29 is 9.90 Å². The number of imidazole rings is 1. The lowest BCUT2D eigenvalue weighted by molar-refractivity contribution is 0.0696. The minimum absolute atomic E-state index is 0.275. The number of nitrogens with zero attached hydrogens (tertiary/aromatic N) is 1. The maximum Gasteiger partial charge on any atom is 0.336 e. The summed E-state index contributed by atoms with van der Waals surface area (Å²) in [6, 6.07) is 11.5. The molecule has 0 aliphatic carbocycles. The largest absolute Gasteiger partial charge is 0.478 e. The summed E-state index contributed by atoms with van der Waals surface area (Å²) in [5, 5.41) is 12.4. The van der Waals surface area contributed by atoms with Crippen LogP contribution in [0.5, 0.6) is 0 Å². The zero-order valence-corrected chi connectivity index (χ0v) is 13.3. The van der Waals surface area contributed by atoms with Crippen LogP contribution in [0.1, 0.15) is 41.3 Å². The minimum Gasteiger partial charge on any atom is -0.478 e. The lowest BCUT2D eigenvalue weighted by atomic mass is 10.0. The predicted octanol–water partition coefficient (Wildman–Crippen LogP) is 4.44. The van der Waals surface area contributed by atoms with Crippen molar-refractivity contribution in [3.8, 4) is 0 Å². The number of aromatic nitrogens is 2. The number of aromatic carboxylic acids is 1. The topological polar surface area (TPSA) is 78.0 Å². The molecule has 3 aromatic rings. The van der Waals surface area contributed by atoms with Gasteiger partial charge in [0.15, 0.2) is 0 Å². The first-order chi connectivity index (χ1) is 11.0. The molecule has 0 saturated carbocycles. The zero-order valence-electron chi connectivity index (χ0n) is 13.3. The number of aromatic amines is 1. The fraction of sp³-hybridized carbons (Fsp3) is 0.222. The molecule has 0 unspecified atom stereocenters. The highest BCUT2D eigenvalue weighted by atomic mass is 16.4. The average molecular weight is 309 g/mol. The molecule has 5 nitrogen and oxygen atoms in total. The van der Waals surface area contributed by atoms with Crippen LogP contribution in [-0.4, -0.2) is 21.0 Å². The maximum atomic E-state index is 11.2. The molecule has 3 rings (SSSR count). The van der Waals surface area contributed by atoms with Crippen molar-refractivity contribution in [2.24, 2.45) is 0 Å². The Hall–Kier alpha value is -2.82. The number of H-pyrrole nitrogens is 1. The summed E-state index contributed by atoms with van der Waals surface area (Å²) in [4.78, 5) is 18.8. The van der Waals surface area contributed by atoms with Crippen LogP contribution in [0.4, 0.5) is 11.6 Å². The van der Waals surface area contributed by atoms with Crippen molar-refractivity contribution in [1.82, 2.24) is 9.97 Å². The van der Waals surface area contributed by atoms with E-state index in [-0.39, 0.29) is 5.56 Å². The number of hydrogen-bond acceptors (Lipinski definition) is 3. The van der Waals surface area contributed by atoms with E-state index >= 15 is 0 Å². The molecule has 0 aliphatic rings. The Morgan fingerprint density at radius 1 is 1.17 bits per heavy atom. The highest BCUT2D eigenvalue weighted by Crippen LogP contribution is 2.24. The molecule has 0 saturated heterocycles. The van der Waals surface area contributed by atoms with Gasteiger partial charge in [-0.15, -0.1) is 0 Å². The van der Waals surface area contributed by atoms with Crippen LogP contribution < -0.4 is 5.32 Å². The van der Waals surface area contributed by atoms with Crippen LogP contribution in [0.2, 0.25) is 0 Å². The SMILES string of the molecule is Cc1c(C(=O)O)ccc2[nH]c(Nc3ccc(C(C)C)cc3)nc12. The van der Waals surface area contributed by atoms with E-state index in [4.69, 9.17) is 0 Å². The number of nitrogens with one attached hydrogen (secondary N) is 2. The van der Waals surface area contributed by atoms with E-state index in [2.05, 4.69) is 41.3 Å². The van der Waals surface area contributed by atoms with Gasteiger partial charge < -0.3 is 15.4 Å². The smallest absolute Gasteiger partial charge is 0.336 e. The molecular weight excluding hydrogens is 290 g/mol. The average Bonchev–Trinajstić information content (AvgIpc) is 2.91.